The molecular weight excluding hydrogens is 326 g/mol. The van der Waals surface area contributed by atoms with Gasteiger partial charge in [0.1, 0.15) is 0 Å². The molecule has 5 nitrogen and oxygen atoms in total. The molecule has 1 saturated carbocycles. The number of rotatable bonds is 6. The Balaban J connectivity index is 1.66. The van der Waals surface area contributed by atoms with E-state index in [-0.39, 0.29) is 29.4 Å². The quantitative estimate of drug-likeness (QED) is 0.819. The first-order valence-electron chi connectivity index (χ1n) is 9.98. The van der Waals surface area contributed by atoms with E-state index in [0.29, 0.717) is 0 Å². The summed E-state index contributed by atoms with van der Waals surface area (Å²) in [6.45, 7) is 7.59. The van der Waals surface area contributed by atoms with Gasteiger partial charge in [0.15, 0.2) is 0 Å². The van der Waals surface area contributed by atoms with Crippen LogP contribution in [0.5, 0.6) is 0 Å². The van der Waals surface area contributed by atoms with Crippen LogP contribution in [0.15, 0.2) is 30.3 Å². The van der Waals surface area contributed by atoms with Crippen LogP contribution in [0.4, 0.5) is 0 Å². The first kappa shape index (κ1) is 19.3. The third kappa shape index (κ3) is 3.95. The number of carbonyl (C=O) groups is 1. The van der Waals surface area contributed by atoms with Crippen molar-refractivity contribution in [3.63, 3.8) is 0 Å². The van der Waals surface area contributed by atoms with Gasteiger partial charge in [-0.15, -0.1) is 0 Å². The predicted octanol–water partition coefficient (Wildman–Crippen LogP) is 2.47. The Morgan fingerprint density at radius 2 is 1.77 bits per heavy atom. The van der Waals surface area contributed by atoms with Crippen LogP contribution < -0.4 is 11.1 Å². The third-order valence-electron chi connectivity index (χ3n) is 6.41. The van der Waals surface area contributed by atoms with Crippen molar-refractivity contribution in [3.05, 3.63) is 35.9 Å². The van der Waals surface area contributed by atoms with Gasteiger partial charge in [0.05, 0.1) is 19.1 Å². The summed E-state index contributed by atoms with van der Waals surface area (Å²) in [5.41, 5.74) is 7.43. The highest BCUT2D eigenvalue weighted by Gasteiger charge is 2.45. The van der Waals surface area contributed by atoms with E-state index in [1.165, 1.54) is 12.8 Å². The molecule has 3 atom stereocenters. The van der Waals surface area contributed by atoms with Crippen LogP contribution in [0.3, 0.4) is 0 Å². The maximum Gasteiger partial charge on any atom is 0.225 e. The van der Waals surface area contributed by atoms with Gasteiger partial charge in [-0.25, -0.2) is 0 Å². The monoisotopic (exact) mass is 359 g/mol. The molecule has 1 saturated heterocycles. The molecule has 3 rings (SSSR count). The van der Waals surface area contributed by atoms with E-state index < -0.39 is 0 Å². The third-order valence-corrected chi connectivity index (χ3v) is 6.41. The number of carbonyl (C=O) groups excluding carboxylic acids is 1. The summed E-state index contributed by atoms with van der Waals surface area (Å²) < 4.78 is 5.54. The van der Waals surface area contributed by atoms with Crippen molar-refractivity contribution < 1.29 is 9.53 Å². The fourth-order valence-corrected chi connectivity index (χ4v) is 4.63. The van der Waals surface area contributed by atoms with Crippen molar-refractivity contribution in [2.45, 2.75) is 57.2 Å². The molecule has 0 bridgehead atoms. The van der Waals surface area contributed by atoms with Gasteiger partial charge in [0.2, 0.25) is 5.91 Å². The van der Waals surface area contributed by atoms with Crippen molar-refractivity contribution in [1.82, 2.24) is 10.2 Å². The highest BCUT2D eigenvalue weighted by atomic mass is 16.5. The number of hydrogen-bond acceptors (Lipinski definition) is 4. The summed E-state index contributed by atoms with van der Waals surface area (Å²) in [5.74, 6) is -0.212. The predicted molar refractivity (Wildman–Crippen MR) is 104 cm³/mol. The van der Waals surface area contributed by atoms with Gasteiger partial charge in [-0.1, -0.05) is 50.1 Å². The van der Waals surface area contributed by atoms with Crippen LogP contribution >= 0.6 is 0 Å². The van der Waals surface area contributed by atoms with Gasteiger partial charge in [-0.3, -0.25) is 9.69 Å². The minimum atomic E-state index is -0.286. The first-order chi connectivity index (χ1) is 12.5. The van der Waals surface area contributed by atoms with Gasteiger partial charge in [-0.2, -0.15) is 0 Å². The van der Waals surface area contributed by atoms with E-state index in [0.717, 1.165) is 44.7 Å². The number of nitrogens with two attached hydrogens (primary N) is 1. The zero-order valence-corrected chi connectivity index (χ0v) is 16.1. The molecule has 1 aliphatic heterocycles. The zero-order valence-electron chi connectivity index (χ0n) is 16.1. The Kier molecular flexibility index (Phi) is 6.33. The number of amides is 1. The summed E-state index contributed by atoms with van der Waals surface area (Å²) in [5, 5.41) is 3.31. The van der Waals surface area contributed by atoms with Crippen molar-refractivity contribution in [1.29, 1.82) is 0 Å². The van der Waals surface area contributed by atoms with Crippen molar-refractivity contribution in [2.75, 3.05) is 26.3 Å². The number of morpholine rings is 1. The van der Waals surface area contributed by atoms with Crippen LogP contribution in [-0.2, 0) is 9.53 Å². The summed E-state index contributed by atoms with van der Waals surface area (Å²) >= 11 is 0. The minimum Gasteiger partial charge on any atom is -0.379 e. The van der Waals surface area contributed by atoms with Gasteiger partial charge in [-0.05, 0) is 25.3 Å². The lowest BCUT2D eigenvalue weighted by atomic mass is 9.85. The van der Waals surface area contributed by atoms with Crippen LogP contribution in [0, 0.1) is 5.92 Å². The molecule has 0 spiro atoms. The average Bonchev–Trinajstić information content (AvgIpc) is 3.19. The Bertz CT molecular complexity index is 580. The molecule has 0 aromatic heterocycles. The molecule has 1 aromatic carbocycles. The number of ether oxygens (including phenoxy) is 1. The second-order valence-electron chi connectivity index (χ2n) is 7.87. The van der Waals surface area contributed by atoms with Crippen LogP contribution in [0.25, 0.3) is 0 Å². The smallest absolute Gasteiger partial charge is 0.225 e. The number of benzene rings is 1. The molecule has 1 aromatic rings. The van der Waals surface area contributed by atoms with E-state index in [2.05, 4.69) is 17.1 Å². The van der Waals surface area contributed by atoms with Crippen molar-refractivity contribution in [3.8, 4) is 0 Å². The Hall–Kier alpha value is -1.43. The Morgan fingerprint density at radius 1 is 1.15 bits per heavy atom. The topological polar surface area (TPSA) is 67.6 Å². The fourth-order valence-electron chi connectivity index (χ4n) is 4.63. The molecule has 1 amide bonds. The maximum absolute atomic E-state index is 12.9. The van der Waals surface area contributed by atoms with E-state index in [1.807, 2.05) is 37.3 Å². The lowest BCUT2D eigenvalue weighted by molar-refractivity contribution is -0.127. The zero-order chi connectivity index (χ0) is 18.6. The lowest BCUT2D eigenvalue weighted by Gasteiger charge is -2.47. The van der Waals surface area contributed by atoms with Crippen molar-refractivity contribution in [2.24, 2.45) is 11.7 Å². The Labute approximate surface area is 157 Å². The molecule has 0 radical (unpaired) electrons. The van der Waals surface area contributed by atoms with Gasteiger partial charge in [0, 0.05) is 30.7 Å². The molecule has 2 fully saturated rings. The van der Waals surface area contributed by atoms with E-state index in [4.69, 9.17) is 10.5 Å². The Morgan fingerprint density at radius 3 is 2.38 bits per heavy atom. The molecule has 3 N–H and O–H groups in total. The first-order valence-corrected chi connectivity index (χ1v) is 9.98. The molecule has 3 unspecified atom stereocenters. The molecule has 5 heteroatoms. The number of nitrogens with one attached hydrogen (secondary N) is 1. The molecular formula is C21H33N3O2. The van der Waals surface area contributed by atoms with E-state index in [9.17, 15) is 4.79 Å². The molecule has 26 heavy (non-hydrogen) atoms. The summed E-state index contributed by atoms with van der Waals surface area (Å²) in [6.07, 6.45) is 4.76. The largest absolute Gasteiger partial charge is 0.379 e. The normalized spacial score (nSPS) is 24.0. The highest BCUT2D eigenvalue weighted by molar-refractivity contribution is 5.79. The molecule has 2 aliphatic rings. The van der Waals surface area contributed by atoms with Gasteiger partial charge >= 0.3 is 0 Å². The number of hydrogen-bond donors (Lipinski definition) is 2. The number of nitrogens with zero attached hydrogens (tertiary/aromatic N) is 1. The summed E-state index contributed by atoms with van der Waals surface area (Å²) in [6, 6.07) is 9.71. The van der Waals surface area contributed by atoms with E-state index in [1.54, 1.807) is 0 Å². The van der Waals surface area contributed by atoms with Crippen LogP contribution in [0.2, 0.25) is 0 Å². The van der Waals surface area contributed by atoms with Crippen LogP contribution in [-0.4, -0.2) is 48.7 Å². The summed E-state index contributed by atoms with van der Waals surface area (Å²) in [7, 11) is 0. The standard InChI is InChI=1S/C21H33N3O2/c1-16(19(22)18-8-4-3-5-9-18)20(25)23-17(2)21(10-6-7-11-21)24-12-14-26-15-13-24/h3-5,8-9,16-17,19H,6-7,10-15,22H2,1-2H3,(H,23,25). The molecule has 1 heterocycles. The fraction of sp³-hybridized carbons (Fsp3) is 0.667. The second kappa shape index (κ2) is 8.51. The van der Waals surface area contributed by atoms with Crippen LogP contribution in [0.1, 0.15) is 51.1 Å². The second-order valence-corrected chi connectivity index (χ2v) is 7.87. The maximum atomic E-state index is 12.9. The highest BCUT2D eigenvalue weighted by Crippen LogP contribution is 2.38. The minimum absolute atomic E-state index is 0.0494. The SMILES string of the molecule is CC(C(=O)NC(C)C1(N2CCOCC2)CCCC1)C(N)c1ccccc1. The van der Waals surface area contributed by atoms with E-state index >= 15 is 0 Å². The molecule has 144 valence electrons. The van der Waals surface area contributed by atoms with Gasteiger partial charge < -0.3 is 15.8 Å². The van der Waals surface area contributed by atoms with Crippen molar-refractivity contribution >= 4 is 5.91 Å². The summed E-state index contributed by atoms with van der Waals surface area (Å²) in [4.78, 5) is 15.5. The average molecular weight is 360 g/mol. The van der Waals surface area contributed by atoms with Gasteiger partial charge in [0.25, 0.3) is 0 Å². The lowest BCUT2D eigenvalue weighted by Crippen LogP contribution is -2.62. The molecule has 1 aliphatic carbocycles.